The van der Waals surface area contributed by atoms with Crippen molar-refractivity contribution in [2.45, 2.75) is 19.9 Å². The summed E-state index contributed by atoms with van der Waals surface area (Å²) in [7, 11) is 1.25. The zero-order chi connectivity index (χ0) is 15.6. The predicted octanol–water partition coefficient (Wildman–Crippen LogP) is 3.13. The highest BCUT2D eigenvalue weighted by Crippen LogP contribution is 2.27. The van der Waals surface area contributed by atoms with Gasteiger partial charge in [0.15, 0.2) is 0 Å². The molecule has 5 nitrogen and oxygen atoms in total. The second-order valence-corrected chi connectivity index (χ2v) is 5.49. The zero-order valence-electron chi connectivity index (χ0n) is 11.9. The molecule has 3 N–H and O–H groups in total. The first-order chi connectivity index (χ1) is 9.92. The number of benzene rings is 1. The summed E-state index contributed by atoms with van der Waals surface area (Å²) in [4.78, 5) is 15.9. The average Bonchev–Trinajstić information content (AvgIpc) is 2.87. The highest BCUT2D eigenvalue weighted by Gasteiger charge is 2.17. The standard InChI is InChI=1S/C14H16FN3O2S/c1-7-6-21-13(17-7)8(2)18-12-4-9(14(19)20-3)11(16)5-10(12)15/h4-6,8,18H,16H2,1-3H3. The van der Waals surface area contributed by atoms with Crippen molar-refractivity contribution >= 4 is 28.7 Å². The van der Waals surface area contributed by atoms with E-state index in [1.54, 1.807) is 0 Å². The summed E-state index contributed by atoms with van der Waals surface area (Å²) in [5.74, 6) is -1.13. The lowest BCUT2D eigenvalue weighted by atomic mass is 10.1. The second kappa shape index (κ2) is 6.09. The molecule has 2 aromatic rings. The molecule has 0 saturated heterocycles. The van der Waals surface area contributed by atoms with Crippen LogP contribution in [0.5, 0.6) is 0 Å². The molecule has 0 bridgehead atoms. The summed E-state index contributed by atoms with van der Waals surface area (Å²) < 4.78 is 18.6. The number of hydrogen-bond acceptors (Lipinski definition) is 6. The topological polar surface area (TPSA) is 77.2 Å². The van der Waals surface area contributed by atoms with Crippen LogP contribution in [0.15, 0.2) is 17.5 Å². The van der Waals surface area contributed by atoms with Gasteiger partial charge in [-0.25, -0.2) is 14.2 Å². The number of nitrogens with one attached hydrogen (secondary N) is 1. The number of nitrogens with two attached hydrogens (primary N) is 1. The van der Waals surface area contributed by atoms with Crippen LogP contribution in [-0.2, 0) is 4.74 Å². The maximum absolute atomic E-state index is 14.0. The van der Waals surface area contributed by atoms with E-state index < -0.39 is 11.8 Å². The lowest BCUT2D eigenvalue weighted by molar-refractivity contribution is 0.0602. The van der Waals surface area contributed by atoms with Crippen molar-refractivity contribution in [3.05, 3.63) is 39.6 Å². The van der Waals surface area contributed by atoms with Gasteiger partial charge in [0.05, 0.1) is 24.4 Å². The molecule has 0 aliphatic heterocycles. The highest BCUT2D eigenvalue weighted by molar-refractivity contribution is 7.09. The fourth-order valence-corrected chi connectivity index (χ4v) is 2.66. The van der Waals surface area contributed by atoms with Crippen LogP contribution in [0, 0.1) is 12.7 Å². The van der Waals surface area contributed by atoms with Crippen molar-refractivity contribution in [2.75, 3.05) is 18.2 Å². The number of ether oxygens (including phenoxy) is 1. The summed E-state index contributed by atoms with van der Waals surface area (Å²) in [6.07, 6.45) is 0. The molecule has 0 spiro atoms. The summed E-state index contributed by atoms with van der Waals surface area (Å²) in [5.41, 5.74) is 6.90. The molecule has 0 aliphatic carbocycles. The molecular formula is C14H16FN3O2S. The van der Waals surface area contributed by atoms with Crippen LogP contribution in [0.25, 0.3) is 0 Å². The maximum Gasteiger partial charge on any atom is 0.340 e. The Morgan fingerprint density at radius 1 is 1.52 bits per heavy atom. The van der Waals surface area contributed by atoms with Crippen molar-refractivity contribution in [1.29, 1.82) is 0 Å². The van der Waals surface area contributed by atoms with Crippen LogP contribution >= 0.6 is 11.3 Å². The summed E-state index contributed by atoms with van der Waals surface area (Å²) in [6, 6.07) is 2.27. The highest BCUT2D eigenvalue weighted by atomic mass is 32.1. The lowest BCUT2D eigenvalue weighted by Gasteiger charge is -2.15. The van der Waals surface area contributed by atoms with E-state index in [2.05, 4.69) is 15.0 Å². The zero-order valence-corrected chi connectivity index (χ0v) is 12.8. The van der Waals surface area contributed by atoms with E-state index in [0.29, 0.717) is 0 Å². The number of nitrogen functional groups attached to an aromatic ring is 1. The van der Waals surface area contributed by atoms with Crippen molar-refractivity contribution in [1.82, 2.24) is 4.98 Å². The minimum Gasteiger partial charge on any atom is -0.465 e. The average molecular weight is 309 g/mol. The van der Waals surface area contributed by atoms with E-state index in [1.807, 2.05) is 19.2 Å². The number of esters is 1. The van der Waals surface area contributed by atoms with Crippen molar-refractivity contribution < 1.29 is 13.9 Å². The van der Waals surface area contributed by atoms with Crippen LogP contribution in [0.3, 0.4) is 0 Å². The van der Waals surface area contributed by atoms with E-state index in [-0.39, 0.29) is 23.0 Å². The number of carbonyl (C=O) groups is 1. The molecule has 1 unspecified atom stereocenters. The van der Waals surface area contributed by atoms with Gasteiger partial charge >= 0.3 is 5.97 Å². The Morgan fingerprint density at radius 3 is 2.81 bits per heavy atom. The van der Waals surface area contributed by atoms with Crippen molar-refractivity contribution in [3.8, 4) is 0 Å². The monoisotopic (exact) mass is 309 g/mol. The lowest BCUT2D eigenvalue weighted by Crippen LogP contribution is -2.11. The Labute approximate surface area is 126 Å². The van der Waals surface area contributed by atoms with Crippen LogP contribution in [-0.4, -0.2) is 18.1 Å². The molecule has 112 valence electrons. The van der Waals surface area contributed by atoms with Crippen LogP contribution in [0.1, 0.15) is 34.0 Å². The summed E-state index contributed by atoms with van der Waals surface area (Å²) >= 11 is 1.49. The molecule has 2 rings (SSSR count). The molecule has 21 heavy (non-hydrogen) atoms. The largest absolute Gasteiger partial charge is 0.465 e. The number of hydrogen-bond donors (Lipinski definition) is 2. The number of nitrogens with zero attached hydrogens (tertiary/aromatic N) is 1. The van der Waals surface area contributed by atoms with E-state index >= 15 is 0 Å². The first-order valence-electron chi connectivity index (χ1n) is 6.28. The predicted molar refractivity (Wildman–Crippen MR) is 81.0 cm³/mol. The summed E-state index contributed by atoms with van der Waals surface area (Å²) in [5, 5.41) is 5.76. The first kappa shape index (κ1) is 15.2. The molecule has 0 radical (unpaired) electrons. The van der Waals surface area contributed by atoms with Gasteiger partial charge in [0, 0.05) is 16.8 Å². The number of anilines is 2. The fourth-order valence-electron chi connectivity index (χ4n) is 1.85. The molecule has 0 fully saturated rings. The van der Waals surface area contributed by atoms with E-state index in [1.165, 1.54) is 24.5 Å². The van der Waals surface area contributed by atoms with Crippen molar-refractivity contribution in [3.63, 3.8) is 0 Å². The molecule has 0 amide bonds. The Balaban J connectivity index is 2.29. The third kappa shape index (κ3) is 3.30. The van der Waals surface area contributed by atoms with Gasteiger partial charge in [-0.3, -0.25) is 0 Å². The second-order valence-electron chi connectivity index (χ2n) is 4.60. The first-order valence-corrected chi connectivity index (χ1v) is 7.16. The van der Waals surface area contributed by atoms with Gasteiger partial charge in [0.2, 0.25) is 0 Å². The Hall–Kier alpha value is -2.15. The number of aryl methyl sites for hydroxylation is 1. The molecule has 0 saturated carbocycles. The smallest absolute Gasteiger partial charge is 0.340 e. The minimum absolute atomic E-state index is 0.0441. The Morgan fingerprint density at radius 2 is 2.24 bits per heavy atom. The van der Waals surface area contributed by atoms with E-state index in [4.69, 9.17) is 5.73 Å². The van der Waals surface area contributed by atoms with Crippen LogP contribution in [0.4, 0.5) is 15.8 Å². The molecule has 1 heterocycles. The third-order valence-corrected chi connectivity index (χ3v) is 4.07. The van der Waals surface area contributed by atoms with Gasteiger partial charge in [-0.05, 0) is 26.0 Å². The number of aromatic nitrogens is 1. The van der Waals surface area contributed by atoms with Gasteiger partial charge < -0.3 is 15.8 Å². The summed E-state index contributed by atoms with van der Waals surface area (Å²) in [6.45, 7) is 3.76. The Kier molecular flexibility index (Phi) is 4.42. The van der Waals surface area contributed by atoms with Gasteiger partial charge in [-0.15, -0.1) is 11.3 Å². The molecule has 1 aromatic heterocycles. The van der Waals surface area contributed by atoms with Crippen molar-refractivity contribution in [2.24, 2.45) is 0 Å². The van der Waals surface area contributed by atoms with E-state index in [0.717, 1.165) is 16.8 Å². The molecular weight excluding hydrogens is 293 g/mol. The quantitative estimate of drug-likeness (QED) is 0.670. The van der Waals surface area contributed by atoms with Crippen LogP contribution in [0.2, 0.25) is 0 Å². The van der Waals surface area contributed by atoms with Gasteiger partial charge in [0.1, 0.15) is 10.8 Å². The number of carbonyl (C=O) groups excluding carboxylic acids is 1. The number of thiazole rings is 1. The molecule has 1 aromatic carbocycles. The molecule has 0 aliphatic rings. The number of halogens is 1. The Bertz CT molecular complexity index is 672. The number of rotatable bonds is 4. The normalized spacial score (nSPS) is 12.0. The minimum atomic E-state index is -0.603. The molecule has 7 heteroatoms. The van der Waals surface area contributed by atoms with E-state index in [9.17, 15) is 9.18 Å². The maximum atomic E-state index is 14.0. The SMILES string of the molecule is COC(=O)c1cc(NC(C)c2nc(C)cs2)c(F)cc1N. The van der Waals surface area contributed by atoms with Gasteiger partial charge in [-0.2, -0.15) is 0 Å². The number of methoxy groups -OCH3 is 1. The van der Waals surface area contributed by atoms with Crippen LogP contribution < -0.4 is 11.1 Å². The van der Waals surface area contributed by atoms with Gasteiger partial charge in [0.25, 0.3) is 0 Å². The van der Waals surface area contributed by atoms with Gasteiger partial charge in [-0.1, -0.05) is 0 Å². The fraction of sp³-hybridized carbons (Fsp3) is 0.286. The molecule has 1 atom stereocenters. The third-order valence-electron chi connectivity index (χ3n) is 2.92.